The monoisotopic (exact) mass is 488 g/mol. The number of hydrogen-bond donors (Lipinski definition) is 2. The molecule has 0 fully saturated rings. The van der Waals surface area contributed by atoms with Crippen molar-refractivity contribution in [1.29, 1.82) is 0 Å². The third-order valence-electron chi connectivity index (χ3n) is 5.17. The first-order valence-corrected chi connectivity index (χ1v) is 11.7. The highest BCUT2D eigenvalue weighted by Gasteiger charge is 2.14. The summed E-state index contributed by atoms with van der Waals surface area (Å²) in [6.45, 7) is 2.44. The predicted octanol–water partition coefficient (Wildman–Crippen LogP) is 4.62. The van der Waals surface area contributed by atoms with Gasteiger partial charge in [0.25, 0.3) is 11.8 Å². The number of aromatic nitrogens is 2. The van der Waals surface area contributed by atoms with Crippen molar-refractivity contribution in [3.8, 4) is 11.5 Å². The number of ether oxygens (including phenoxy) is 2. The van der Waals surface area contributed by atoms with Crippen molar-refractivity contribution in [2.75, 3.05) is 12.4 Å². The minimum Gasteiger partial charge on any atom is -0.496 e. The lowest BCUT2D eigenvalue weighted by molar-refractivity contribution is 0.0949. The highest BCUT2D eigenvalue weighted by Crippen LogP contribution is 2.20. The van der Waals surface area contributed by atoms with Crippen molar-refractivity contribution in [1.82, 2.24) is 15.5 Å². The van der Waals surface area contributed by atoms with Gasteiger partial charge < -0.3 is 20.1 Å². The van der Waals surface area contributed by atoms with Gasteiger partial charge in [-0.3, -0.25) is 9.59 Å². The molecule has 0 saturated heterocycles. The number of aryl methyl sites for hydroxylation is 1. The second kappa shape index (κ2) is 11.3. The maximum atomic E-state index is 12.5. The first kappa shape index (κ1) is 23.9. The van der Waals surface area contributed by atoms with Crippen LogP contribution in [0.4, 0.5) is 5.69 Å². The number of benzene rings is 3. The Balaban J connectivity index is 1.28. The van der Waals surface area contributed by atoms with Crippen molar-refractivity contribution in [2.24, 2.45) is 0 Å². The van der Waals surface area contributed by atoms with Crippen LogP contribution < -0.4 is 20.1 Å². The lowest BCUT2D eigenvalue weighted by atomic mass is 10.1. The van der Waals surface area contributed by atoms with E-state index in [-0.39, 0.29) is 23.4 Å². The van der Waals surface area contributed by atoms with Gasteiger partial charge in [-0.05, 0) is 48.9 Å². The van der Waals surface area contributed by atoms with E-state index in [0.29, 0.717) is 22.9 Å². The molecule has 0 aliphatic rings. The summed E-state index contributed by atoms with van der Waals surface area (Å²) in [5.74, 6) is 0.791. The summed E-state index contributed by atoms with van der Waals surface area (Å²) in [5, 5.41) is 14.6. The minimum atomic E-state index is -0.313. The van der Waals surface area contributed by atoms with Crippen LogP contribution in [0.2, 0.25) is 0 Å². The van der Waals surface area contributed by atoms with Crippen molar-refractivity contribution >= 4 is 28.8 Å². The Bertz CT molecular complexity index is 1320. The summed E-state index contributed by atoms with van der Waals surface area (Å²) >= 11 is 1.17. The number of hydrogen-bond acceptors (Lipinski definition) is 7. The average molecular weight is 489 g/mol. The molecule has 35 heavy (non-hydrogen) atoms. The van der Waals surface area contributed by atoms with Gasteiger partial charge in [0.15, 0.2) is 5.01 Å². The zero-order chi connectivity index (χ0) is 24.6. The number of para-hydroxylation sites is 2. The smallest absolute Gasteiger partial charge is 0.286 e. The Morgan fingerprint density at radius 1 is 0.914 bits per heavy atom. The van der Waals surface area contributed by atoms with Crippen LogP contribution >= 0.6 is 11.3 Å². The summed E-state index contributed by atoms with van der Waals surface area (Å²) in [6, 6.07) is 21.9. The maximum absolute atomic E-state index is 12.5. The SMILES string of the molecule is COc1ccccc1CNC(=O)c1ccc(OCc2nnc(C(=O)Nc3ccccc3C)s2)cc1. The molecule has 0 unspecified atom stereocenters. The molecule has 9 heteroatoms. The quantitative estimate of drug-likeness (QED) is 0.357. The van der Waals surface area contributed by atoms with Gasteiger partial charge in [0.05, 0.1) is 7.11 Å². The molecule has 0 aliphatic heterocycles. The van der Waals surface area contributed by atoms with Gasteiger partial charge in [-0.2, -0.15) is 0 Å². The molecule has 1 aromatic heterocycles. The van der Waals surface area contributed by atoms with E-state index >= 15 is 0 Å². The normalized spacial score (nSPS) is 10.5. The standard InChI is InChI=1S/C26H24N4O4S/c1-17-7-3-5-9-21(17)28-25(32)26-30-29-23(35-26)16-34-20-13-11-18(12-14-20)24(31)27-15-19-8-4-6-10-22(19)33-2/h3-14H,15-16H2,1-2H3,(H,27,31)(H,28,32). The van der Waals surface area contributed by atoms with Crippen molar-refractivity contribution in [3.63, 3.8) is 0 Å². The zero-order valence-electron chi connectivity index (χ0n) is 19.3. The molecule has 0 radical (unpaired) electrons. The Morgan fingerprint density at radius 3 is 2.43 bits per heavy atom. The summed E-state index contributed by atoms with van der Waals surface area (Å²) in [4.78, 5) is 24.9. The molecule has 4 rings (SSSR count). The van der Waals surface area contributed by atoms with Gasteiger partial charge in [0.1, 0.15) is 18.1 Å². The molecular weight excluding hydrogens is 464 g/mol. The fourth-order valence-corrected chi connectivity index (χ4v) is 3.91. The predicted molar refractivity (Wildman–Crippen MR) is 134 cm³/mol. The van der Waals surface area contributed by atoms with Crippen LogP contribution in [-0.2, 0) is 13.2 Å². The Labute approximate surface area is 206 Å². The number of carbonyl (C=O) groups excluding carboxylic acids is 2. The van der Waals surface area contributed by atoms with Crippen LogP contribution in [0.5, 0.6) is 11.5 Å². The molecule has 3 aromatic carbocycles. The summed E-state index contributed by atoms with van der Waals surface area (Å²) in [5.41, 5.74) is 3.11. The van der Waals surface area contributed by atoms with Gasteiger partial charge in [-0.15, -0.1) is 10.2 Å². The second-order valence-electron chi connectivity index (χ2n) is 7.58. The van der Waals surface area contributed by atoms with Gasteiger partial charge in [-0.25, -0.2) is 0 Å². The van der Waals surface area contributed by atoms with Gasteiger partial charge in [-0.1, -0.05) is 47.7 Å². The van der Waals surface area contributed by atoms with Crippen LogP contribution in [0, 0.1) is 6.92 Å². The largest absolute Gasteiger partial charge is 0.496 e. The van der Waals surface area contributed by atoms with Crippen LogP contribution in [-0.4, -0.2) is 29.1 Å². The van der Waals surface area contributed by atoms with Crippen molar-refractivity contribution in [2.45, 2.75) is 20.1 Å². The van der Waals surface area contributed by atoms with E-state index in [9.17, 15) is 9.59 Å². The maximum Gasteiger partial charge on any atom is 0.286 e. The molecule has 0 saturated carbocycles. The first-order chi connectivity index (χ1) is 17.0. The zero-order valence-corrected chi connectivity index (χ0v) is 20.1. The van der Waals surface area contributed by atoms with E-state index in [1.807, 2.05) is 55.5 Å². The molecule has 4 aromatic rings. The number of anilines is 1. The van der Waals surface area contributed by atoms with Gasteiger partial charge in [0, 0.05) is 23.4 Å². The average Bonchev–Trinajstić information content (AvgIpc) is 3.37. The Kier molecular flexibility index (Phi) is 7.69. The molecule has 0 spiro atoms. The van der Waals surface area contributed by atoms with E-state index in [4.69, 9.17) is 9.47 Å². The first-order valence-electron chi connectivity index (χ1n) is 10.9. The Morgan fingerprint density at radius 2 is 1.66 bits per heavy atom. The fourth-order valence-electron chi connectivity index (χ4n) is 3.27. The number of carbonyl (C=O) groups is 2. The molecule has 0 aliphatic carbocycles. The third-order valence-corrected chi connectivity index (χ3v) is 6.06. The molecule has 1 heterocycles. The van der Waals surface area contributed by atoms with E-state index in [2.05, 4.69) is 20.8 Å². The lowest BCUT2D eigenvalue weighted by Gasteiger charge is -2.10. The van der Waals surface area contributed by atoms with Crippen LogP contribution in [0.3, 0.4) is 0 Å². The second-order valence-corrected chi connectivity index (χ2v) is 8.64. The van der Waals surface area contributed by atoms with Crippen molar-refractivity contribution in [3.05, 3.63) is 99.5 Å². The molecule has 8 nitrogen and oxygen atoms in total. The molecule has 2 N–H and O–H groups in total. The molecule has 0 atom stereocenters. The summed E-state index contributed by atoms with van der Waals surface area (Å²) in [6.07, 6.45) is 0. The number of nitrogens with one attached hydrogen (secondary N) is 2. The molecular formula is C26H24N4O4S. The lowest BCUT2D eigenvalue weighted by Crippen LogP contribution is -2.22. The molecule has 2 amide bonds. The highest BCUT2D eigenvalue weighted by atomic mass is 32.1. The van der Waals surface area contributed by atoms with Gasteiger partial charge in [0.2, 0.25) is 5.01 Å². The summed E-state index contributed by atoms with van der Waals surface area (Å²) < 4.78 is 11.1. The highest BCUT2D eigenvalue weighted by molar-refractivity contribution is 7.13. The molecule has 178 valence electrons. The number of nitrogens with zero attached hydrogens (tertiary/aromatic N) is 2. The molecule has 0 bridgehead atoms. The Hall–Kier alpha value is -4.24. The topological polar surface area (TPSA) is 102 Å². The van der Waals surface area contributed by atoms with E-state index < -0.39 is 0 Å². The number of rotatable bonds is 9. The number of amides is 2. The summed E-state index contributed by atoms with van der Waals surface area (Å²) in [7, 11) is 1.60. The van der Waals surface area contributed by atoms with E-state index in [1.165, 1.54) is 11.3 Å². The minimum absolute atomic E-state index is 0.161. The van der Waals surface area contributed by atoms with Gasteiger partial charge >= 0.3 is 0 Å². The van der Waals surface area contributed by atoms with E-state index in [0.717, 1.165) is 22.6 Å². The third kappa shape index (κ3) is 6.21. The number of methoxy groups -OCH3 is 1. The fraction of sp³-hybridized carbons (Fsp3) is 0.154. The van der Waals surface area contributed by atoms with E-state index in [1.54, 1.807) is 31.4 Å². The van der Waals surface area contributed by atoms with Crippen LogP contribution in [0.25, 0.3) is 0 Å². The van der Waals surface area contributed by atoms with Crippen LogP contribution in [0.15, 0.2) is 72.8 Å². The van der Waals surface area contributed by atoms with Crippen molar-refractivity contribution < 1.29 is 19.1 Å². The van der Waals surface area contributed by atoms with Crippen LogP contribution in [0.1, 0.15) is 36.3 Å².